The molecule has 0 radical (unpaired) electrons. The van der Waals surface area contributed by atoms with Gasteiger partial charge in [-0.05, 0) is 42.0 Å². The average molecular weight is 399 g/mol. The van der Waals surface area contributed by atoms with Gasteiger partial charge in [0, 0.05) is 38.1 Å². The Morgan fingerprint density at radius 2 is 1.79 bits per heavy atom. The second-order valence-electron chi connectivity index (χ2n) is 6.69. The molecule has 7 heteroatoms. The molecule has 1 aliphatic heterocycles. The Bertz CT molecular complexity index is 777. The normalized spacial score (nSPS) is 13.7. The van der Waals surface area contributed by atoms with Gasteiger partial charge in [-0.3, -0.25) is 4.79 Å². The minimum Gasteiger partial charge on any atom is -0.378 e. The van der Waals surface area contributed by atoms with Crippen LogP contribution in [-0.4, -0.2) is 55.8 Å². The summed E-state index contributed by atoms with van der Waals surface area (Å²) in [5.74, 6) is -0.106. The highest BCUT2D eigenvalue weighted by Crippen LogP contribution is 2.19. The lowest BCUT2D eigenvalue weighted by atomic mass is 10.2. The summed E-state index contributed by atoms with van der Waals surface area (Å²) in [6, 6.07) is 17.9. The van der Waals surface area contributed by atoms with Gasteiger partial charge in [0.2, 0.25) is 5.91 Å². The van der Waals surface area contributed by atoms with Crippen molar-refractivity contribution < 1.29 is 9.53 Å². The smallest absolute Gasteiger partial charge is 0.243 e. The number of hydrogen-bond acceptors (Lipinski definition) is 4. The molecular formula is C21H26N4O2S. The molecule has 0 aliphatic carbocycles. The fraction of sp³-hybridized carbons (Fsp3) is 0.333. The van der Waals surface area contributed by atoms with Crippen LogP contribution >= 0.6 is 12.2 Å². The summed E-state index contributed by atoms with van der Waals surface area (Å²) in [5, 5.41) is 6.64. The maximum Gasteiger partial charge on any atom is 0.243 e. The maximum absolute atomic E-state index is 12.3. The second kappa shape index (κ2) is 10.1. The largest absolute Gasteiger partial charge is 0.378 e. The number of carbonyl (C=O) groups excluding carboxylic acids is 1. The molecule has 6 nitrogen and oxygen atoms in total. The van der Waals surface area contributed by atoms with Gasteiger partial charge in [0.1, 0.15) is 0 Å². The van der Waals surface area contributed by atoms with Crippen LogP contribution in [0.3, 0.4) is 0 Å². The molecule has 0 aromatic heterocycles. The molecule has 0 atom stereocenters. The first-order valence-electron chi connectivity index (χ1n) is 9.37. The van der Waals surface area contributed by atoms with Crippen molar-refractivity contribution in [2.24, 2.45) is 0 Å². The van der Waals surface area contributed by atoms with Crippen LogP contribution in [0.5, 0.6) is 0 Å². The lowest BCUT2D eigenvalue weighted by molar-refractivity contribution is -0.116. The molecule has 2 N–H and O–H groups in total. The Balaban J connectivity index is 1.44. The summed E-state index contributed by atoms with van der Waals surface area (Å²) in [4.78, 5) is 16.3. The van der Waals surface area contributed by atoms with E-state index in [9.17, 15) is 4.79 Å². The third kappa shape index (κ3) is 5.94. The number of amides is 1. The van der Waals surface area contributed by atoms with E-state index in [-0.39, 0.29) is 12.5 Å². The fourth-order valence-corrected chi connectivity index (χ4v) is 3.11. The van der Waals surface area contributed by atoms with E-state index in [1.165, 1.54) is 0 Å². The third-order valence-electron chi connectivity index (χ3n) is 4.54. The van der Waals surface area contributed by atoms with Crippen molar-refractivity contribution in [2.45, 2.75) is 6.54 Å². The second-order valence-corrected chi connectivity index (χ2v) is 7.08. The van der Waals surface area contributed by atoms with E-state index < -0.39 is 0 Å². The highest BCUT2D eigenvalue weighted by atomic mass is 32.1. The molecule has 0 spiro atoms. The van der Waals surface area contributed by atoms with Crippen LogP contribution in [0.15, 0.2) is 54.6 Å². The zero-order chi connectivity index (χ0) is 19.8. The Labute approximate surface area is 171 Å². The fourth-order valence-electron chi connectivity index (χ4n) is 2.97. The topological polar surface area (TPSA) is 56.8 Å². The first-order chi connectivity index (χ1) is 13.6. The predicted molar refractivity (Wildman–Crippen MR) is 117 cm³/mol. The van der Waals surface area contributed by atoms with Gasteiger partial charge in [0.25, 0.3) is 0 Å². The Kier molecular flexibility index (Phi) is 7.22. The number of nitrogens with zero attached hydrogens (tertiary/aromatic N) is 2. The van der Waals surface area contributed by atoms with Gasteiger partial charge in [0.05, 0.1) is 19.8 Å². The summed E-state index contributed by atoms with van der Waals surface area (Å²) in [6.07, 6.45) is 0. The van der Waals surface area contributed by atoms with E-state index in [0.717, 1.165) is 43.2 Å². The average Bonchev–Trinajstić information content (AvgIpc) is 2.74. The predicted octanol–water partition coefficient (Wildman–Crippen LogP) is 2.47. The third-order valence-corrected chi connectivity index (χ3v) is 5.00. The molecule has 2 aromatic rings. The summed E-state index contributed by atoms with van der Waals surface area (Å²) in [5.41, 5.74) is 3.06. The standard InChI is InChI=1S/C21H26N4O2S/c1-24(21(28)22-15-17-5-3-2-4-6-17)16-20(26)23-18-7-9-19(10-8-18)25-11-13-27-14-12-25/h2-10H,11-16H2,1H3,(H,22,28)(H,23,26). The Morgan fingerprint density at radius 1 is 1.11 bits per heavy atom. The van der Waals surface area contributed by atoms with Gasteiger partial charge < -0.3 is 25.2 Å². The van der Waals surface area contributed by atoms with Crippen molar-refractivity contribution in [1.82, 2.24) is 10.2 Å². The van der Waals surface area contributed by atoms with Crippen molar-refractivity contribution >= 4 is 34.6 Å². The number of rotatable bonds is 6. The van der Waals surface area contributed by atoms with Crippen LogP contribution in [0, 0.1) is 0 Å². The molecule has 148 valence electrons. The van der Waals surface area contributed by atoms with E-state index in [0.29, 0.717) is 11.7 Å². The molecule has 0 bridgehead atoms. The molecule has 1 saturated heterocycles. The lowest BCUT2D eigenvalue weighted by Gasteiger charge is -2.29. The summed E-state index contributed by atoms with van der Waals surface area (Å²) >= 11 is 5.37. The SMILES string of the molecule is CN(CC(=O)Nc1ccc(N2CCOCC2)cc1)C(=S)NCc1ccccc1. The number of morpholine rings is 1. The van der Waals surface area contributed by atoms with E-state index in [4.69, 9.17) is 17.0 Å². The van der Waals surface area contributed by atoms with Crippen LogP contribution in [0.2, 0.25) is 0 Å². The maximum atomic E-state index is 12.3. The first kappa shape index (κ1) is 20.1. The highest BCUT2D eigenvalue weighted by Gasteiger charge is 2.12. The van der Waals surface area contributed by atoms with Gasteiger partial charge >= 0.3 is 0 Å². The van der Waals surface area contributed by atoms with Gasteiger partial charge in [0.15, 0.2) is 5.11 Å². The van der Waals surface area contributed by atoms with Crippen molar-refractivity contribution in [1.29, 1.82) is 0 Å². The van der Waals surface area contributed by atoms with Crippen LogP contribution in [0.25, 0.3) is 0 Å². The lowest BCUT2D eigenvalue weighted by Crippen LogP contribution is -2.41. The molecule has 1 fully saturated rings. The van der Waals surface area contributed by atoms with Crippen LogP contribution in [-0.2, 0) is 16.1 Å². The number of ether oxygens (including phenoxy) is 1. The molecule has 0 saturated carbocycles. The van der Waals surface area contributed by atoms with Crippen molar-refractivity contribution in [3.8, 4) is 0 Å². The van der Waals surface area contributed by atoms with Gasteiger partial charge in [-0.15, -0.1) is 0 Å². The van der Waals surface area contributed by atoms with Crippen molar-refractivity contribution in [3.05, 3.63) is 60.2 Å². The van der Waals surface area contributed by atoms with Crippen molar-refractivity contribution in [2.75, 3.05) is 50.1 Å². The number of likely N-dealkylation sites (N-methyl/N-ethyl adjacent to an activating group) is 1. The van der Waals surface area contributed by atoms with Gasteiger partial charge in [-0.25, -0.2) is 0 Å². The highest BCUT2D eigenvalue weighted by molar-refractivity contribution is 7.80. The minimum atomic E-state index is -0.106. The molecular weight excluding hydrogens is 372 g/mol. The van der Waals surface area contributed by atoms with Gasteiger partial charge in [-0.1, -0.05) is 30.3 Å². The van der Waals surface area contributed by atoms with Crippen LogP contribution in [0.1, 0.15) is 5.56 Å². The minimum absolute atomic E-state index is 0.106. The van der Waals surface area contributed by atoms with E-state index in [2.05, 4.69) is 15.5 Å². The summed E-state index contributed by atoms with van der Waals surface area (Å²) < 4.78 is 5.38. The Hall–Kier alpha value is -2.64. The van der Waals surface area contributed by atoms with E-state index >= 15 is 0 Å². The molecule has 1 aliphatic rings. The molecule has 3 rings (SSSR count). The molecule has 0 unspecified atom stereocenters. The van der Waals surface area contributed by atoms with Crippen LogP contribution in [0.4, 0.5) is 11.4 Å². The number of carbonyl (C=O) groups is 1. The monoisotopic (exact) mass is 398 g/mol. The molecule has 28 heavy (non-hydrogen) atoms. The van der Waals surface area contributed by atoms with E-state index in [1.807, 2.05) is 54.6 Å². The number of benzene rings is 2. The number of thiocarbonyl (C=S) groups is 1. The first-order valence-corrected chi connectivity index (χ1v) is 9.78. The zero-order valence-electron chi connectivity index (χ0n) is 16.1. The number of anilines is 2. The Morgan fingerprint density at radius 3 is 2.46 bits per heavy atom. The molecule has 1 amide bonds. The summed E-state index contributed by atoms with van der Waals surface area (Å²) in [7, 11) is 1.81. The quantitative estimate of drug-likeness (QED) is 0.729. The van der Waals surface area contributed by atoms with Crippen LogP contribution < -0.4 is 15.5 Å². The molecule has 2 aromatic carbocycles. The zero-order valence-corrected chi connectivity index (χ0v) is 16.9. The summed E-state index contributed by atoms with van der Waals surface area (Å²) in [6.45, 7) is 4.11. The van der Waals surface area contributed by atoms with Gasteiger partial charge in [-0.2, -0.15) is 0 Å². The molecule has 1 heterocycles. The number of hydrogen-bond donors (Lipinski definition) is 2. The number of nitrogens with one attached hydrogen (secondary N) is 2. The van der Waals surface area contributed by atoms with Crippen molar-refractivity contribution in [3.63, 3.8) is 0 Å². The van der Waals surface area contributed by atoms with E-state index in [1.54, 1.807) is 11.9 Å².